The van der Waals surface area contributed by atoms with E-state index >= 15 is 0 Å². The van der Waals surface area contributed by atoms with Crippen molar-refractivity contribution in [3.63, 3.8) is 0 Å². The van der Waals surface area contributed by atoms with Crippen LogP contribution in [0.4, 0.5) is 0 Å². The number of methoxy groups -OCH3 is 1. The molecule has 2 aromatic carbocycles. The van der Waals surface area contributed by atoms with Gasteiger partial charge in [0.1, 0.15) is 12.4 Å². The first kappa shape index (κ1) is 17.0. The van der Waals surface area contributed by atoms with Gasteiger partial charge in [-0.1, -0.05) is 42.5 Å². The van der Waals surface area contributed by atoms with E-state index in [1.165, 1.54) is 5.56 Å². The first-order valence-electron chi connectivity index (χ1n) is 7.70. The fourth-order valence-corrected chi connectivity index (χ4v) is 2.39. The molecule has 0 aliphatic rings. The number of carbonyl (C=O) groups is 1. The van der Waals surface area contributed by atoms with Crippen LogP contribution < -0.4 is 9.47 Å². The summed E-state index contributed by atoms with van der Waals surface area (Å²) >= 11 is 0. The van der Waals surface area contributed by atoms with Gasteiger partial charge < -0.3 is 9.47 Å². The molecule has 0 aromatic heterocycles. The summed E-state index contributed by atoms with van der Waals surface area (Å²) in [7, 11) is 1.62. The van der Waals surface area contributed by atoms with E-state index in [1.54, 1.807) is 14.0 Å². The van der Waals surface area contributed by atoms with E-state index in [0.29, 0.717) is 25.4 Å². The van der Waals surface area contributed by atoms with Gasteiger partial charge in [-0.3, -0.25) is 9.69 Å². The summed E-state index contributed by atoms with van der Waals surface area (Å²) in [5, 5.41) is 0. The maximum atomic E-state index is 11.5. The van der Waals surface area contributed by atoms with Gasteiger partial charge in [0, 0.05) is 13.1 Å². The zero-order valence-electron chi connectivity index (χ0n) is 13.7. The van der Waals surface area contributed by atoms with Gasteiger partial charge in [-0.15, -0.1) is 0 Å². The van der Waals surface area contributed by atoms with E-state index in [0.717, 1.165) is 12.3 Å². The highest BCUT2D eigenvalue weighted by Crippen LogP contribution is 2.25. The lowest BCUT2D eigenvalue weighted by atomic mass is 10.2. The van der Waals surface area contributed by atoms with Crippen molar-refractivity contribution in [1.82, 2.24) is 4.90 Å². The molecule has 122 valence electrons. The summed E-state index contributed by atoms with van der Waals surface area (Å²) in [6.07, 6.45) is 0. The molecule has 0 heterocycles. The van der Waals surface area contributed by atoms with Crippen LogP contribution in [0.5, 0.6) is 11.5 Å². The maximum absolute atomic E-state index is 11.5. The third-order valence-corrected chi connectivity index (χ3v) is 3.43. The smallest absolute Gasteiger partial charge is 0.161 e. The highest BCUT2D eigenvalue weighted by atomic mass is 16.5. The maximum Gasteiger partial charge on any atom is 0.161 e. The van der Waals surface area contributed by atoms with Gasteiger partial charge in [0.15, 0.2) is 11.5 Å². The molecule has 0 N–H and O–H groups in total. The topological polar surface area (TPSA) is 38.8 Å². The Morgan fingerprint density at radius 2 is 1.65 bits per heavy atom. The number of para-hydroxylation sites is 2. The third kappa shape index (κ3) is 5.75. The molecular formula is C19H23NO3. The normalized spacial score (nSPS) is 10.6. The van der Waals surface area contributed by atoms with Crippen molar-refractivity contribution in [2.75, 3.05) is 26.8 Å². The monoisotopic (exact) mass is 313 g/mol. The van der Waals surface area contributed by atoms with E-state index in [2.05, 4.69) is 17.0 Å². The molecule has 0 atom stereocenters. The van der Waals surface area contributed by atoms with Crippen molar-refractivity contribution in [2.24, 2.45) is 0 Å². The molecule has 0 saturated heterocycles. The Bertz CT molecular complexity index is 613. The lowest BCUT2D eigenvalue weighted by molar-refractivity contribution is -0.118. The second-order valence-electron chi connectivity index (χ2n) is 5.40. The number of Topliss-reactive ketones (excluding diaryl/α,β-unsaturated/α-hetero) is 1. The zero-order valence-corrected chi connectivity index (χ0v) is 13.7. The molecular weight excluding hydrogens is 290 g/mol. The van der Waals surface area contributed by atoms with Crippen LogP contribution in [0.1, 0.15) is 12.5 Å². The summed E-state index contributed by atoms with van der Waals surface area (Å²) in [6.45, 7) is 3.94. The largest absolute Gasteiger partial charge is 0.493 e. The molecule has 0 aliphatic heterocycles. The summed E-state index contributed by atoms with van der Waals surface area (Å²) in [4.78, 5) is 13.6. The number of nitrogens with zero attached hydrogens (tertiary/aromatic N) is 1. The van der Waals surface area contributed by atoms with Crippen molar-refractivity contribution in [3.8, 4) is 11.5 Å². The van der Waals surface area contributed by atoms with Gasteiger partial charge in [-0.05, 0) is 24.6 Å². The van der Waals surface area contributed by atoms with Gasteiger partial charge in [-0.2, -0.15) is 0 Å². The van der Waals surface area contributed by atoms with E-state index in [9.17, 15) is 4.79 Å². The molecule has 0 saturated carbocycles. The average Bonchev–Trinajstić information content (AvgIpc) is 2.55. The van der Waals surface area contributed by atoms with Gasteiger partial charge >= 0.3 is 0 Å². The Balaban J connectivity index is 1.91. The summed E-state index contributed by atoms with van der Waals surface area (Å²) < 4.78 is 11.1. The highest BCUT2D eigenvalue weighted by Gasteiger charge is 2.10. The zero-order chi connectivity index (χ0) is 16.5. The van der Waals surface area contributed by atoms with Crippen LogP contribution in [-0.2, 0) is 11.3 Å². The third-order valence-electron chi connectivity index (χ3n) is 3.43. The quantitative estimate of drug-likeness (QED) is 0.713. The first-order chi connectivity index (χ1) is 11.2. The lowest BCUT2D eigenvalue weighted by Crippen LogP contribution is -2.32. The fourth-order valence-electron chi connectivity index (χ4n) is 2.39. The SMILES string of the molecule is COc1ccccc1OCCN(CC(C)=O)Cc1ccccc1. The van der Waals surface area contributed by atoms with Crippen LogP contribution in [-0.4, -0.2) is 37.5 Å². The summed E-state index contributed by atoms with van der Waals surface area (Å²) in [5.74, 6) is 1.59. The van der Waals surface area contributed by atoms with Crippen LogP contribution in [0.2, 0.25) is 0 Å². The molecule has 2 aromatic rings. The molecule has 0 bridgehead atoms. The van der Waals surface area contributed by atoms with E-state index < -0.39 is 0 Å². The number of carbonyl (C=O) groups excluding carboxylic acids is 1. The number of benzene rings is 2. The number of hydrogen-bond donors (Lipinski definition) is 0. The number of ketones is 1. The lowest BCUT2D eigenvalue weighted by Gasteiger charge is -2.21. The highest BCUT2D eigenvalue weighted by molar-refractivity contribution is 5.77. The molecule has 4 heteroatoms. The van der Waals surface area contributed by atoms with Crippen LogP contribution in [0, 0.1) is 0 Å². The van der Waals surface area contributed by atoms with Crippen LogP contribution >= 0.6 is 0 Å². The van der Waals surface area contributed by atoms with Gasteiger partial charge in [0.2, 0.25) is 0 Å². The predicted molar refractivity (Wildman–Crippen MR) is 90.9 cm³/mol. The standard InChI is InChI=1S/C19H23NO3/c1-16(21)14-20(15-17-8-4-3-5-9-17)12-13-23-19-11-7-6-10-18(19)22-2/h3-11H,12-15H2,1-2H3. The second-order valence-corrected chi connectivity index (χ2v) is 5.40. The van der Waals surface area contributed by atoms with Crippen molar-refractivity contribution < 1.29 is 14.3 Å². The molecule has 0 aliphatic carbocycles. The minimum Gasteiger partial charge on any atom is -0.493 e. The van der Waals surface area contributed by atoms with E-state index in [4.69, 9.17) is 9.47 Å². The van der Waals surface area contributed by atoms with Crippen molar-refractivity contribution in [2.45, 2.75) is 13.5 Å². The fraction of sp³-hybridized carbons (Fsp3) is 0.316. The Kier molecular flexibility index (Phi) is 6.63. The average molecular weight is 313 g/mol. The second kappa shape index (κ2) is 8.96. The molecule has 0 unspecified atom stereocenters. The van der Waals surface area contributed by atoms with Gasteiger partial charge in [-0.25, -0.2) is 0 Å². The van der Waals surface area contributed by atoms with Crippen molar-refractivity contribution >= 4 is 5.78 Å². The Labute approximate surface area is 137 Å². The molecule has 2 rings (SSSR count). The number of rotatable bonds is 9. The first-order valence-corrected chi connectivity index (χ1v) is 7.70. The Hall–Kier alpha value is -2.33. The van der Waals surface area contributed by atoms with Crippen molar-refractivity contribution in [1.29, 1.82) is 0 Å². The molecule has 23 heavy (non-hydrogen) atoms. The van der Waals surface area contributed by atoms with Gasteiger partial charge in [0.05, 0.1) is 13.7 Å². The predicted octanol–water partition coefficient (Wildman–Crippen LogP) is 3.17. The van der Waals surface area contributed by atoms with Crippen LogP contribution in [0.3, 0.4) is 0 Å². The summed E-state index contributed by atoms with van der Waals surface area (Å²) in [5.41, 5.74) is 1.19. The Morgan fingerprint density at radius 3 is 2.30 bits per heavy atom. The molecule has 4 nitrogen and oxygen atoms in total. The van der Waals surface area contributed by atoms with Crippen LogP contribution in [0.25, 0.3) is 0 Å². The van der Waals surface area contributed by atoms with Gasteiger partial charge in [0.25, 0.3) is 0 Å². The number of ether oxygens (including phenoxy) is 2. The summed E-state index contributed by atoms with van der Waals surface area (Å²) in [6, 6.07) is 17.7. The van der Waals surface area contributed by atoms with Crippen LogP contribution in [0.15, 0.2) is 54.6 Å². The molecule has 0 radical (unpaired) electrons. The van der Waals surface area contributed by atoms with Crippen molar-refractivity contribution in [3.05, 3.63) is 60.2 Å². The van der Waals surface area contributed by atoms with E-state index in [-0.39, 0.29) is 5.78 Å². The molecule has 0 amide bonds. The number of hydrogen-bond acceptors (Lipinski definition) is 4. The van der Waals surface area contributed by atoms with E-state index in [1.807, 2.05) is 42.5 Å². The Morgan fingerprint density at radius 1 is 1.00 bits per heavy atom. The minimum absolute atomic E-state index is 0.151. The molecule has 0 fully saturated rings. The minimum atomic E-state index is 0.151. The molecule has 0 spiro atoms.